The first-order chi connectivity index (χ1) is 9.95. The quantitative estimate of drug-likeness (QED) is 0.893. The monoisotopic (exact) mass is 292 g/mol. The van der Waals surface area contributed by atoms with E-state index in [1.165, 1.54) is 12.8 Å². The number of nitrogens with zero attached hydrogens (tertiary/aromatic N) is 3. The Kier molecular flexibility index (Phi) is 5.04. The zero-order valence-corrected chi connectivity index (χ0v) is 13.7. The number of aliphatic hydroxyl groups is 1. The fraction of sp³-hybridized carbons (Fsp3) is 0.750. The standard InChI is InChI=1S/C16H28N4O/c1-16(2,3)15-18-13(17-4)11-14(19-15)20-9-6-5-7-12(20)8-10-21/h11-12,21H,5-10H2,1-4H3,(H,17,18,19). The van der Waals surface area contributed by atoms with Gasteiger partial charge in [0, 0.05) is 37.7 Å². The summed E-state index contributed by atoms with van der Waals surface area (Å²) in [6, 6.07) is 2.40. The molecular formula is C16H28N4O. The molecule has 1 unspecified atom stereocenters. The zero-order valence-electron chi connectivity index (χ0n) is 13.7. The Bertz CT molecular complexity index is 468. The van der Waals surface area contributed by atoms with E-state index < -0.39 is 0 Å². The van der Waals surface area contributed by atoms with Crippen LogP contribution in [-0.4, -0.2) is 41.3 Å². The summed E-state index contributed by atoms with van der Waals surface area (Å²) in [5.74, 6) is 2.70. The van der Waals surface area contributed by atoms with Crippen LogP contribution in [0.2, 0.25) is 0 Å². The summed E-state index contributed by atoms with van der Waals surface area (Å²) in [6.45, 7) is 7.64. The molecule has 1 aromatic rings. The minimum atomic E-state index is -0.0795. The molecule has 1 fully saturated rings. The van der Waals surface area contributed by atoms with Gasteiger partial charge >= 0.3 is 0 Å². The second kappa shape index (κ2) is 6.60. The summed E-state index contributed by atoms with van der Waals surface area (Å²) in [5.41, 5.74) is -0.0795. The Hall–Kier alpha value is -1.36. The third-order valence-corrected chi connectivity index (χ3v) is 4.02. The van der Waals surface area contributed by atoms with Gasteiger partial charge in [-0.25, -0.2) is 9.97 Å². The van der Waals surface area contributed by atoms with Crippen molar-refractivity contribution in [2.24, 2.45) is 0 Å². The smallest absolute Gasteiger partial charge is 0.138 e. The summed E-state index contributed by atoms with van der Waals surface area (Å²) < 4.78 is 0. The molecule has 1 aromatic heterocycles. The number of aromatic nitrogens is 2. The molecule has 0 bridgehead atoms. The van der Waals surface area contributed by atoms with Gasteiger partial charge in [0.25, 0.3) is 0 Å². The fourth-order valence-electron chi connectivity index (χ4n) is 2.80. The van der Waals surface area contributed by atoms with Crippen LogP contribution in [0.4, 0.5) is 11.6 Å². The van der Waals surface area contributed by atoms with E-state index in [0.717, 1.165) is 36.8 Å². The number of aliphatic hydroxyl groups excluding tert-OH is 1. The van der Waals surface area contributed by atoms with Gasteiger partial charge < -0.3 is 15.3 Å². The first-order valence-corrected chi connectivity index (χ1v) is 7.90. The molecule has 5 heteroatoms. The summed E-state index contributed by atoms with van der Waals surface area (Å²) in [7, 11) is 1.89. The fourth-order valence-corrected chi connectivity index (χ4v) is 2.80. The van der Waals surface area contributed by atoms with Crippen molar-refractivity contribution < 1.29 is 5.11 Å². The van der Waals surface area contributed by atoms with Crippen LogP contribution in [0.15, 0.2) is 6.07 Å². The van der Waals surface area contributed by atoms with Crippen LogP contribution in [0.5, 0.6) is 0 Å². The Morgan fingerprint density at radius 1 is 1.33 bits per heavy atom. The van der Waals surface area contributed by atoms with E-state index in [1.807, 2.05) is 13.1 Å². The highest BCUT2D eigenvalue weighted by Crippen LogP contribution is 2.29. The second-order valence-electron chi connectivity index (χ2n) is 6.79. The molecular weight excluding hydrogens is 264 g/mol. The third kappa shape index (κ3) is 3.84. The van der Waals surface area contributed by atoms with Gasteiger partial charge in [-0.3, -0.25) is 0 Å². The van der Waals surface area contributed by atoms with Gasteiger partial charge in [-0.15, -0.1) is 0 Å². The molecule has 1 saturated heterocycles. The number of hydrogen-bond acceptors (Lipinski definition) is 5. The van der Waals surface area contributed by atoms with Gasteiger partial charge in [0.1, 0.15) is 17.5 Å². The average Bonchev–Trinajstić information content (AvgIpc) is 2.47. The van der Waals surface area contributed by atoms with Crippen molar-refractivity contribution >= 4 is 11.6 Å². The second-order valence-corrected chi connectivity index (χ2v) is 6.79. The van der Waals surface area contributed by atoms with Gasteiger partial charge in [0.2, 0.25) is 0 Å². The topological polar surface area (TPSA) is 61.3 Å². The number of rotatable bonds is 4. The van der Waals surface area contributed by atoms with Crippen LogP contribution in [-0.2, 0) is 5.41 Å². The highest BCUT2D eigenvalue weighted by atomic mass is 16.3. The van der Waals surface area contributed by atoms with E-state index in [0.29, 0.717) is 6.04 Å². The van der Waals surface area contributed by atoms with E-state index in [-0.39, 0.29) is 12.0 Å². The molecule has 1 aliphatic heterocycles. The van der Waals surface area contributed by atoms with E-state index >= 15 is 0 Å². The number of nitrogens with one attached hydrogen (secondary N) is 1. The molecule has 0 amide bonds. The van der Waals surface area contributed by atoms with Crippen LogP contribution < -0.4 is 10.2 Å². The summed E-state index contributed by atoms with van der Waals surface area (Å²) >= 11 is 0. The number of piperidine rings is 1. The van der Waals surface area contributed by atoms with E-state index in [9.17, 15) is 5.11 Å². The van der Waals surface area contributed by atoms with Gasteiger partial charge in [0.15, 0.2) is 0 Å². The third-order valence-electron chi connectivity index (χ3n) is 4.02. The summed E-state index contributed by atoms with van der Waals surface area (Å²) in [5, 5.41) is 12.4. The molecule has 5 nitrogen and oxygen atoms in total. The Labute approximate surface area is 127 Å². The molecule has 0 spiro atoms. The van der Waals surface area contributed by atoms with Crippen molar-refractivity contribution in [3.63, 3.8) is 0 Å². The van der Waals surface area contributed by atoms with Crippen molar-refractivity contribution in [3.05, 3.63) is 11.9 Å². The molecule has 1 aliphatic rings. The van der Waals surface area contributed by atoms with Gasteiger partial charge in [-0.2, -0.15) is 0 Å². The SMILES string of the molecule is CNc1cc(N2CCCCC2CCO)nc(C(C)(C)C)n1. The maximum atomic E-state index is 9.30. The maximum Gasteiger partial charge on any atom is 0.138 e. The van der Waals surface area contributed by atoms with Crippen molar-refractivity contribution in [2.45, 2.75) is 57.9 Å². The van der Waals surface area contributed by atoms with Crippen molar-refractivity contribution in [3.8, 4) is 0 Å². The number of anilines is 2. The molecule has 0 radical (unpaired) electrons. The molecule has 2 N–H and O–H groups in total. The lowest BCUT2D eigenvalue weighted by molar-refractivity contribution is 0.262. The predicted octanol–water partition coefficient (Wildman–Crippen LogP) is 2.56. The predicted molar refractivity (Wildman–Crippen MR) is 87.0 cm³/mol. The lowest BCUT2D eigenvalue weighted by Gasteiger charge is -2.37. The van der Waals surface area contributed by atoms with Crippen LogP contribution in [0.1, 0.15) is 52.3 Å². The Morgan fingerprint density at radius 3 is 2.71 bits per heavy atom. The molecule has 1 atom stereocenters. The van der Waals surface area contributed by atoms with Crippen LogP contribution in [0.3, 0.4) is 0 Å². The van der Waals surface area contributed by atoms with Crippen LogP contribution in [0, 0.1) is 0 Å². The largest absolute Gasteiger partial charge is 0.396 e. The molecule has 0 aromatic carbocycles. The number of hydrogen-bond donors (Lipinski definition) is 2. The highest BCUT2D eigenvalue weighted by molar-refractivity contribution is 5.50. The highest BCUT2D eigenvalue weighted by Gasteiger charge is 2.26. The Balaban J connectivity index is 2.36. The van der Waals surface area contributed by atoms with E-state index in [4.69, 9.17) is 4.98 Å². The van der Waals surface area contributed by atoms with E-state index in [1.54, 1.807) is 0 Å². The van der Waals surface area contributed by atoms with Crippen LogP contribution >= 0.6 is 0 Å². The summed E-state index contributed by atoms with van der Waals surface area (Å²) in [6.07, 6.45) is 4.36. The van der Waals surface area contributed by atoms with Crippen molar-refractivity contribution in [1.29, 1.82) is 0 Å². The minimum absolute atomic E-state index is 0.0795. The minimum Gasteiger partial charge on any atom is -0.396 e. The van der Waals surface area contributed by atoms with Crippen molar-refractivity contribution in [1.82, 2.24) is 9.97 Å². The first-order valence-electron chi connectivity index (χ1n) is 7.90. The zero-order chi connectivity index (χ0) is 15.5. The first kappa shape index (κ1) is 16.0. The average molecular weight is 292 g/mol. The molecule has 2 heterocycles. The van der Waals surface area contributed by atoms with Gasteiger partial charge in [0.05, 0.1) is 0 Å². The van der Waals surface area contributed by atoms with Crippen LogP contribution in [0.25, 0.3) is 0 Å². The molecule has 0 saturated carbocycles. The molecule has 2 rings (SSSR count). The van der Waals surface area contributed by atoms with Gasteiger partial charge in [-0.05, 0) is 25.7 Å². The van der Waals surface area contributed by atoms with Gasteiger partial charge in [-0.1, -0.05) is 20.8 Å². The normalized spacial score (nSPS) is 19.7. The lowest BCUT2D eigenvalue weighted by atomic mass is 9.95. The molecule has 118 valence electrons. The maximum absolute atomic E-state index is 9.30. The summed E-state index contributed by atoms with van der Waals surface area (Å²) in [4.78, 5) is 11.7. The lowest BCUT2D eigenvalue weighted by Crippen LogP contribution is -2.41. The molecule has 21 heavy (non-hydrogen) atoms. The molecule has 0 aliphatic carbocycles. The van der Waals surface area contributed by atoms with Crippen molar-refractivity contribution in [2.75, 3.05) is 30.4 Å². The van der Waals surface area contributed by atoms with E-state index in [2.05, 4.69) is 36.0 Å². The Morgan fingerprint density at radius 2 is 2.10 bits per heavy atom.